The molecule has 1 aromatic heterocycles. The largest absolute Gasteiger partial charge is 0.246 e. The molecule has 0 aliphatic heterocycles. The van der Waals surface area contributed by atoms with Crippen LogP contribution in [-0.2, 0) is 21.3 Å². The van der Waals surface area contributed by atoms with Crippen LogP contribution >= 0.6 is 11.3 Å². The highest BCUT2D eigenvalue weighted by Crippen LogP contribution is 2.21. The van der Waals surface area contributed by atoms with Gasteiger partial charge in [-0.2, -0.15) is 0 Å². The van der Waals surface area contributed by atoms with Crippen molar-refractivity contribution in [2.24, 2.45) is 0 Å². The number of aromatic nitrogens is 1. The second-order valence-electron chi connectivity index (χ2n) is 5.27. The van der Waals surface area contributed by atoms with E-state index in [9.17, 15) is 8.42 Å². The number of nitrogens with zero attached hydrogens (tertiary/aromatic N) is 1. The van der Waals surface area contributed by atoms with Crippen molar-refractivity contribution in [2.75, 3.05) is 0 Å². The summed E-state index contributed by atoms with van der Waals surface area (Å²) in [4.78, 5) is 4.24. The van der Waals surface area contributed by atoms with Crippen molar-refractivity contribution < 1.29 is 8.42 Å². The van der Waals surface area contributed by atoms with Crippen molar-refractivity contribution in [2.45, 2.75) is 39.2 Å². The Morgan fingerprint density at radius 1 is 1.05 bits per heavy atom. The zero-order chi connectivity index (χ0) is 14.9. The monoisotopic (exact) mass is 309 g/mol. The Balaban J connectivity index is 2.25. The fourth-order valence-corrected chi connectivity index (χ4v) is 4.72. The summed E-state index contributed by atoms with van der Waals surface area (Å²) in [6, 6.07) is 4.07. The zero-order valence-corrected chi connectivity index (χ0v) is 13.9. The van der Waals surface area contributed by atoms with Gasteiger partial charge >= 0.3 is 0 Å². The predicted molar refractivity (Wildman–Crippen MR) is 83.8 cm³/mol. The number of rotatable bonds is 4. The molecule has 108 valence electrons. The van der Waals surface area contributed by atoms with Crippen molar-refractivity contribution in [3.63, 3.8) is 0 Å². The van der Waals surface area contributed by atoms with Crippen LogP contribution in [0.15, 0.2) is 17.5 Å². The highest BCUT2D eigenvalue weighted by atomic mass is 32.2. The Bertz CT molecular complexity index is 707. The first kappa shape index (κ1) is 15.2. The minimum absolute atomic E-state index is 0.0180. The molecule has 0 aliphatic rings. The summed E-state index contributed by atoms with van der Waals surface area (Å²) in [5.41, 5.74) is 4.81. The lowest BCUT2D eigenvalue weighted by Crippen LogP contribution is -2.10. The lowest BCUT2D eigenvalue weighted by Gasteiger charge is -2.11. The average Bonchev–Trinajstić information content (AvgIpc) is 2.68. The van der Waals surface area contributed by atoms with Crippen LogP contribution in [0.1, 0.15) is 33.0 Å². The number of thiazole rings is 1. The molecular weight excluding hydrogens is 290 g/mol. The van der Waals surface area contributed by atoms with Gasteiger partial charge in [-0.3, -0.25) is 0 Å². The molecule has 0 unspecified atom stereocenters. The molecule has 5 heteroatoms. The van der Waals surface area contributed by atoms with Gasteiger partial charge in [0.05, 0.1) is 22.2 Å². The van der Waals surface area contributed by atoms with Crippen LogP contribution in [0.4, 0.5) is 0 Å². The van der Waals surface area contributed by atoms with Crippen molar-refractivity contribution in [1.82, 2.24) is 4.98 Å². The first-order chi connectivity index (χ1) is 9.27. The topological polar surface area (TPSA) is 47.0 Å². The summed E-state index contributed by atoms with van der Waals surface area (Å²) in [6.45, 7) is 7.85. The van der Waals surface area contributed by atoms with Crippen LogP contribution in [0.3, 0.4) is 0 Å². The maximum Gasteiger partial charge on any atom is 0.160 e. The summed E-state index contributed by atoms with van der Waals surface area (Å²) in [7, 11) is -3.19. The van der Waals surface area contributed by atoms with E-state index in [4.69, 9.17) is 0 Å². The standard InChI is InChI=1S/C15H19NO2S2/c1-10-5-11(2)15(12(3)6-10)9-20(17,18)8-14-7-19-13(4)16-14/h5-7H,8-9H2,1-4H3. The fourth-order valence-electron chi connectivity index (χ4n) is 2.41. The molecule has 0 N–H and O–H groups in total. The van der Waals surface area contributed by atoms with Gasteiger partial charge in [-0.05, 0) is 44.4 Å². The minimum Gasteiger partial charge on any atom is -0.246 e. The van der Waals surface area contributed by atoms with E-state index < -0.39 is 9.84 Å². The van der Waals surface area contributed by atoms with Crippen molar-refractivity contribution in [3.8, 4) is 0 Å². The third-order valence-electron chi connectivity index (χ3n) is 3.24. The van der Waals surface area contributed by atoms with Gasteiger partial charge in [-0.1, -0.05) is 17.7 Å². The third-order valence-corrected chi connectivity index (χ3v) is 5.53. The van der Waals surface area contributed by atoms with Crippen molar-refractivity contribution >= 4 is 21.2 Å². The lowest BCUT2D eigenvalue weighted by molar-refractivity contribution is 0.593. The molecule has 0 spiro atoms. The van der Waals surface area contributed by atoms with Crippen LogP contribution in [0, 0.1) is 27.7 Å². The quantitative estimate of drug-likeness (QED) is 0.868. The molecule has 0 radical (unpaired) electrons. The second kappa shape index (κ2) is 5.66. The molecule has 3 nitrogen and oxygen atoms in total. The van der Waals surface area contributed by atoms with Crippen LogP contribution in [0.2, 0.25) is 0 Å². The van der Waals surface area contributed by atoms with E-state index in [-0.39, 0.29) is 11.5 Å². The molecule has 1 heterocycles. The number of hydrogen-bond acceptors (Lipinski definition) is 4. The Kier molecular flexibility index (Phi) is 4.30. The first-order valence-corrected chi connectivity index (χ1v) is 9.15. The Hall–Kier alpha value is -1.20. The van der Waals surface area contributed by atoms with Gasteiger partial charge in [0.2, 0.25) is 0 Å². The van der Waals surface area contributed by atoms with E-state index in [0.717, 1.165) is 27.3 Å². The normalized spacial score (nSPS) is 11.8. The first-order valence-electron chi connectivity index (χ1n) is 6.45. The molecule has 0 aliphatic carbocycles. The number of aryl methyl sites for hydroxylation is 4. The van der Waals surface area contributed by atoms with E-state index in [1.54, 1.807) is 0 Å². The summed E-state index contributed by atoms with van der Waals surface area (Å²) in [6.07, 6.45) is 0. The van der Waals surface area contributed by atoms with E-state index >= 15 is 0 Å². The van der Waals surface area contributed by atoms with Gasteiger partial charge in [0.15, 0.2) is 9.84 Å². The second-order valence-corrected chi connectivity index (χ2v) is 8.39. The maximum atomic E-state index is 12.3. The summed E-state index contributed by atoms with van der Waals surface area (Å²) in [5, 5.41) is 2.72. The molecule has 20 heavy (non-hydrogen) atoms. The van der Waals surface area contributed by atoms with Gasteiger partial charge in [0, 0.05) is 5.38 Å². The molecule has 0 bridgehead atoms. The van der Waals surface area contributed by atoms with Crippen molar-refractivity contribution in [3.05, 3.63) is 50.5 Å². The highest BCUT2D eigenvalue weighted by Gasteiger charge is 2.17. The van der Waals surface area contributed by atoms with Crippen LogP contribution in [0.25, 0.3) is 0 Å². The van der Waals surface area contributed by atoms with E-state index in [1.165, 1.54) is 11.3 Å². The molecular formula is C15H19NO2S2. The lowest BCUT2D eigenvalue weighted by atomic mass is 10.0. The van der Waals surface area contributed by atoms with Gasteiger partial charge < -0.3 is 0 Å². The molecule has 0 saturated heterocycles. The van der Waals surface area contributed by atoms with Crippen LogP contribution in [-0.4, -0.2) is 13.4 Å². The van der Waals surface area contributed by atoms with Crippen LogP contribution < -0.4 is 0 Å². The van der Waals surface area contributed by atoms with Crippen LogP contribution in [0.5, 0.6) is 0 Å². The molecule has 0 amide bonds. The highest BCUT2D eigenvalue weighted by molar-refractivity contribution is 7.89. The average molecular weight is 309 g/mol. The van der Waals surface area contributed by atoms with E-state index in [0.29, 0.717) is 5.69 Å². The van der Waals surface area contributed by atoms with Gasteiger partial charge in [0.25, 0.3) is 0 Å². The van der Waals surface area contributed by atoms with Crippen molar-refractivity contribution in [1.29, 1.82) is 0 Å². The minimum atomic E-state index is -3.19. The molecule has 0 fully saturated rings. The SMILES string of the molecule is Cc1cc(C)c(CS(=O)(=O)Cc2csc(C)n2)c(C)c1. The van der Waals surface area contributed by atoms with E-state index in [1.807, 2.05) is 45.2 Å². The van der Waals surface area contributed by atoms with E-state index in [2.05, 4.69) is 4.98 Å². The summed E-state index contributed by atoms with van der Waals surface area (Å²) >= 11 is 1.48. The van der Waals surface area contributed by atoms with Gasteiger partial charge in [-0.25, -0.2) is 13.4 Å². The number of benzene rings is 1. The Labute approximate surface area is 124 Å². The third kappa shape index (κ3) is 3.67. The van der Waals surface area contributed by atoms with Gasteiger partial charge in [-0.15, -0.1) is 11.3 Å². The Morgan fingerprint density at radius 3 is 2.15 bits per heavy atom. The predicted octanol–water partition coefficient (Wildman–Crippen LogP) is 3.49. The summed E-state index contributed by atoms with van der Waals surface area (Å²) in [5.74, 6) is 0.103. The number of hydrogen-bond donors (Lipinski definition) is 0. The summed E-state index contributed by atoms with van der Waals surface area (Å²) < 4.78 is 24.7. The zero-order valence-electron chi connectivity index (χ0n) is 12.2. The fraction of sp³-hybridized carbons (Fsp3) is 0.400. The smallest absolute Gasteiger partial charge is 0.160 e. The molecule has 2 aromatic rings. The Morgan fingerprint density at radius 2 is 1.65 bits per heavy atom. The molecule has 0 saturated carbocycles. The molecule has 2 rings (SSSR count). The van der Waals surface area contributed by atoms with Gasteiger partial charge in [0.1, 0.15) is 0 Å². The molecule has 0 atom stereocenters. The molecule has 1 aromatic carbocycles. The number of sulfone groups is 1. The maximum absolute atomic E-state index is 12.3.